The highest BCUT2D eigenvalue weighted by atomic mass is 16.6. The molecule has 0 N–H and O–H groups in total. The highest BCUT2D eigenvalue weighted by Gasteiger charge is 2.08. The monoisotopic (exact) mass is 297 g/mol. The molecule has 0 saturated heterocycles. The average molecular weight is 297 g/mol. The van der Waals surface area contributed by atoms with Crippen LogP contribution in [0.15, 0.2) is 54.2 Å². The molecule has 0 fully saturated rings. The lowest BCUT2D eigenvalue weighted by atomic mass is 10.1. The predicted molar refractivity (Wildman–Crippen MR) is 87.2 cm³/mol. The van der Waals surface area contributed by atoms with Crippen LogP contribution in [0.3, 0.4) is 0 Å². The van der Waals surface area contributed by atoms with Crippen LogP contribution >= 0.6 is 0 Å². The van der Waals surface area contributed by atoms with Gasteiger partial charge in [-0.25, -0.2) is 0 Å². The molecule has 0 aliphatic rings. The predicted octanol–water partition coefficient (Wildman–Crippen LogP) is 4.60. The van der Waals surface area contributed by atoms with Crippen LogP contribution in [0, 0.1) is 17.0 Å². The first-order valence-electron chi connectivity index (χ1n) is 7.22. The summed E-state index contributed by atoms with van der Waals surface area (Å²) in [6.07, 6.45) is 1.98. The average Bonchev–Trinajstić information content (AvgIpc) is 2.53. The van der Waals surface area contributed by atoms with Gasteiger partial charge in [0.05, 0.1) is 4.92 Å². The lowest BCUT2D eigenvalue weighted by Crippen LogP contribution is -1.98. The molecule has 2 rings (SSSR count). The first kappa shape index (κ1) is 15.8. The Labute approximate surface area is 130 Å². The zero-order valence-corrected chi connectivity index (χ0v) is 12.8. The number of hydrogen-bond acceptors (Lipinski definition) is 3. The molecule has 4 nitrogen and oxygen atoms in total. The van der Waals surface area contributed by atoms with E-state index in [0.29, 0.717) is 13.0 Å². The maximum Gasteiger partial charge on any atom is 0.246 e. The van der Waals surface area contributed by atoms with E-state index in [9.17, 15) is 10.1 Å². The van der Waals surface area contributed by atoms with Gasteiger partial charge in [-0.15, -0.1) is 0 Å². The van der Waals surface area contributed by atoms with Crippen LogP contribution < -0.4 is 4.74 Å². The third-order valence-corrected chi connectivity index (χ3v) is 3.38. The summed E-state index contributed by atoms with van der Waals surface area (Å²) in [4.78, 5) is 10.6. The van der Waals surface area contributed by atoms with Crippen LogP contribution in [-0.4, -0.2) is 4.92 Å². The van der Waals surface area contributed by atoms with Gasteiger partial charge in [0, 0.05) is 12.5 Å². The first-order valence-corrected chi connectivity index (χ1v) is 7.22. The fourth-order valence-corrected chi connectivity index (χ4v) is 2.07. The fraction of sp³-hybridized carbons (Fsp3) is 0.222. The second-order valence-electron chi connectivity index (χ2n) is 5.05. The second-order valence-corrected chi connectivity index (χ2v) is 5.05. The third-order valence-electron chi connectivity index (χ3n) is 3.38. The SMILES string of the molecule is CC/C(=C\c1ccc(C)c(OCc2ccccc2)c1)[N+](=O)[O-]. The van der Waals surface area contributed by atoms with Crippen molar-refractivity contribution in [1.29, 1.82) is 0 Å². The van der Waals surface area contributed by atoms with E-state index in [0.717, 1.165) is 22.4 Å². The van der Waals surface area contributed by atoms with Gasteiger partial charge in [-0.05, 0) is 29.7 Å². The van der Waals surface area contributed by atoms with Gasteiger partial charge in [0.15, 0.2) is 0 Å². The Morgan fingerprint density at radius 2 is 1.95 bits per heavy atom. The zero-order chi connectivity index (χ0) is 15.9. The van der Waals surface area contributed by atoms with Gasteiger partial charge in [-0.2, -0.15) is 0 Å². The van der Waals surface area contributed by atoms with Crippen LogP contribution in [-0.2, 0) is 6.61 Å². The Kier molecular flexibility index (Phi) is 5.31. The molecular weight excluding hydrogens is 278 g/mol. The Morgan fingerprint density at radius 1 is 1.23 bits per heavy atom. The molecule has 0 aliphatic carbocycles. The number of ether oxygens (including phenoxy) is 1. The minimum absolute atomic E-state index is 0.192. The largest absolute Gasteiger partial charge is 0.489 e. The van der Waals surface area contributed by atoms with E-state index in [1.807, 2.05) is 55.5 Å². The van der Waals surface area contributed by atoms with E-state index in [1.165, 1.54) is 0 Å². The van der Waals surface area contributed by atoms with Crippen molar-refractivity contribution in [2.24, 2.45) is 0 Å². The van der Waals surface area contributed by atoms with Gasteiger partial charge in [-0.1, -0.05) is 49.4 Å². The maximum atomic E-state index is 10.9. The molecule has 0 amide bonds. The van der Waals surface area contributed by atoms with Crippen molar-refractivity contribution in [1.82, 2.24) is 0 Å². The number of nitrogens with zero attached hydrogens (tertiary/aromatic N) is 1. The number of aryl methyl sites for hydroxylation is 1. The molecule has 114 valence electrons. The van der Waals surface area contributed by atoms with Gasteiger partial charge >= 0.3 is 0 Å². The van der Waals surface area contributed by atoms with Crippen LogP contribution in [0.4, 0.5) is 0 Å². The minimum atomic E-state index is -0.343. The molecule has 0 saturated carbocycles. The standard InChI is InChI=1S/C18H19NO3/c1-3-17(19(20)21)11-16-10-9-14(2)18(12-16)22-13-15-7-5-4-6-8-15/h4-12H,3,13H2,1-2H3/b17-11+. The summed E-state index contributed by atoms with van der Waals surface area (Å²) in [6, 6.07) is 15.5. The molecule has 0 aromatic heterocycles. The van der Waals surface area contributed by atoms with E-state index >= 15 is 0 Å². The van der Waals surface area contributed by atoms with Crippen molar-refractivity contribution in [3.05, 3.63) is 81.0 Å². The van der Waals surface area contributed by atoms with E-state index in [2.05, 4.69) is 0 Å². The van der Waals surface area contributed by atoms with E-state index in [4.69, 9.17) is 4.74 Å². The lowest BCUT2D eigenvalue weighted by Gasteiger charge is -2.10. The summed E-state index contributed by atoms with van der Waals surface area (Å²) in [5.74, 6) is 0.747. The highest BCUT2D eigenvalue weighted by Crippen LogP contribution is 2.23. The van der Waals surface area contributed by atoms with Crippen molar-refractivity contribution >= 4 is 6.08 Å². The van der Waals surface area contributed by atoms with Crippen molar-refractivity contribution in [2.45, 2.75) is 26.9 Å². The van der Waals surface area contributed by atoms with Crippen molar-refractivity contribution < 1.29 is 9.66 Å². The number of nitro groups is 1. The van der Waals surface area contributed by atoms with E-state index in [-0.39, 0.29) is 10.6 Å². The molecule has 2 aromatic rings. The van der Waals surface area contributed by atoms with Gasteiger partial charge in [0.25, 0.3) is 0 Å². The molecule has 0 unspecified atom stereocenters. The molecule has 0 bridgehead atoms. The van der Waals surface area contributed by atoms with Crippen molar-refractivity contribution in [3.63, 3.8) is 0 Å². The highest BCUT2D eigenvalue weighted by molar-refractivity contribution is 5.55. The van der Waals surface area contributed by atoms with Crippen LogP contribution in [0.5, 0.6) is 5.75 Å². The topological polar surface area (TPSA) is 52.4 Å². The smallest absolute Gasteiger partial charge is 0.246 e. The Bertz CT molecular complexity index is 678. The summed E-state index contributed by atoms with van der Waals surface area (Å²) < 4.78 is 5.84. The Balaban J connectivity index is 2.18. The molecule has 0 atom stereocenters. The summed E-state index contributed by atoms with van der Waals surface area (Å²) in [5.41, 5.74) is 3.06. The molecule has 4 heteroatoms. The Morgan fingerprint density at radius 3 is 2.59 bits per heavy atom. The van der Waals surface area contributed by atoms with Crippen LogP contribution in [0.25, 0.3) is 6.08 Å². The molecule has 0 aliphatic heterocycles. The number of benzene rings is 2. The molecule has 2 aromatic carbocycles. The van der Waals surface area contributed by atoms with Crippen LogP contribution in [0.2, 0.25) is 0 Å². The van der Waals surface area contributed by atoms with Gasteiger partial charge in [0.2, 0.25) is 5.70 Å². The minimum Gasteiger partial charge on any atom is -0.489 e. The summed E-state index contributed by atoms with van der Waals surface area (Å²) in [5, 5.41) is 10.9. The quantitative estimate of drug-likeness (QED) is 0.578. The maximum absolute atomic E-state index is 10.9. The Hall–Kier alpha value is -2.62. The number of rotatable bonds is 6. The number of hydrogen-bond donors (Lipinski definition) is 0. The van der Waals surface area contributed by atoms with E-state index < -0.39 is 0 Å². The number of allylic oxidation sites excluding steroid dienone is 1. The fourth-order valence-electron chi connectivity index (χ4n) is 2.07. The second kappa shape index (κ2) is 7.41. The van der Waals surface area contributed by atoms with Crippen molar-refractivity contribution in [2.75, 3.05) is 0 Å². The molecule has 22 heavy (non-hydrogen) atoms. The van der Waals surface area contributed by atoms with Gasteiger partial charge in [0.1, 0.15) is 12.4 Å². The molecule has 0 spiro atoms. The molecule has 0 radical (unpaired) electrons. The molecular formula is C18H19NO3. The zero-order valence-electron chi connectivity index (χ0n) is 12.8. The summed E-state index contributed by atoms with van der Waals surface area (Å²) >= 11 is 0. The molecule has 0 heterocycles. The van der Waals surface area contributed by atoms with E-state index in [1.54, 1.807) is 13.0 Å². The normalized spacial score (nSPS) is 11.3. The van der Waals surface area contributed by atoms with Gasteiger partial charge < -0.3 is 4.74 Å². The third kappa shape index (κ3) is 4.19. The van der Waals surface area contributed by atoms with Crippen molar-refractivity contribution in [3.8, 4) is 5.75 Å². The lowest BCUT2D eigenvalue weighted by molar-refractivity contribution is -0.425. The summed E-state index contributed by atoms with van der Waals surface area (Å²) in [7, 11) is 0. The first-order chi connectivity index (χ1) is 10.6. The van der Waals surface area contributed by atoms with Gasteiger partial charge in [-0.3, -0.25) is 10.1 Å². The van der Waals surface area contributed by atoms with Crippen LogP contribution in [0.1, 0.15) is 30.0 Å². The summed E-state index contributed by atoms with van der Waals surface area (Å²) in [6.45, 7) is 4.21.